The number of rotatable bonds is 8. The van der Waals surface area contributed by atoms with Gasteiger partial charge in [0, 0.05) is 31.7 Å². The molecule has 0 saturated carbocycles. The summed E-state index contributed by atoms with van der Waals surface area (Å²) < 4.78 is 5.12. The lowest BCUT2D eigenvalue weighted by molar-refractivity contribution is 0.0954. The van der Waals surface area contributed by atoms with Crippen LogP contribution in [0.3, 0.4) is 0 Å². The molecular weight excluding hydrogens is 292 g/mol. The number of carbonyl (C=O) groups is 1. The molecule has 3 N–H and O–H groups in total. The minimum absolute atomic E-state index is 0.116. The highest BCUT2D eigenvalue weighted by Crippen LogP contribution is 2.12. The number of carbonyl (C=O) groups excluding carboxylic acids is 1. The van der Waals surface area contributed by atoms with E-state index in [-0.39, 0.29) is 5.91 Å². The normalized spacial score (nSPS) is 11.3. The molecule has 0 aliphatic heterocycles. The minimum atomic E-state index is -0.116. The van der Waals surface area contributed by atoms with E-state index in [0.29, 0.717) is 30.3 Å². The lowest BCUT2D eigenvalue weighted by Crippen LogP contribution is -2.41. The Bertz CT molecular complexity index is 515. The third-order valence-electron chi connectivity index (χ3n) is 2.99. The van der Waals surface area contributed by atoms with Crippen LogP contribution >= 0.6 is 0 Å². The first-order valence-electron chi connectivity index (χ1n) is 8.01. The summed E-state index contributed by atoms with van der Waals surface area (Å²) in [5, 5.41) is 9.26. The number of aliphatic imine (C=N–C) groups is 1. The molecule has 1 rings (SSSR count). The quantitative estimate of drug-likeness (QED) is 0.387. The van der Waals surface area contributed by atoms with Gasteiger partial charge in [0.1, 0.15) is 5.75 Å². The van der Waals surface area contributed by atoms with Crippen molar-refractivity contribution in [1.82, 2.24) is 16.0 Å². The smallest absolute Gasteiger partial charge is 0.251 e. The van der Waals surface area contributed by atoms with E-state index in [1.54, 1.807) is 25.3 Å². The second-order valence-corrected chi connectivity index (χ2v) is 5.53. The van der Waals surface area contributed by atoms with Crippen LogP contribution in [0, 0.1) is 5.92 Å². The highest BCUT2D eigenvalue weighted by Gasteiger charge is 2.06. The molecule has 0 spiro atoms. The number of nitrogens with zero attached hydrogens (tertiary/aromatic N) is 1. The molecule has 0 fully saturated rings. The molecular formula is C17H28N4O2. The average Bonchev–Trinajstić information content (AvgIpc) is 2.56. The van der Waals surface area contributed by atoms with Crippen LogP contribution in [0.5, 0.6) is 5.75 Å². The number of benzene rings is 1. The fraction of sp³-hybridized carbons (Fsp3) is 0.529. The fourth-order valence-electron chi connectivity index (χ4n) is 1.84. The molecule has 0 unspecified atom stereocenters. The summed E-state index contributed by atoms with van der Waals surface area (Å²) in [5.41, 5.74) is 0.588. The first-order chi connectivity index (χ1) is 11.1. The second-order valence-electron chi connectivity index (χ2n) is 5.53. The Balaban J connectivity index is 2.39. The molecule has 0 aliphatic carbocycles. The molecule has 1 amide bonds. The van der Waals surface area contributed by atoms with Gasteiger partial charge in [-0.3, -0.25) is 9.79 Å². The van der Waals surface area contributed by atoms with Crippen LogP contribution in [0.4, 0.5) is 0 Å². The van der Waals surface area contributed by atoms with Crippen LogP contribution in [-0.4, -0.2) is 45.2 Å². The highest BCUT2D eigenvalue weighted by atomic mass is 16.5. The summed E-state index contributed by atoms with van der Waals surface area (Å²) in [6, 6.07) is 7.09. The fourth-order valence-corrected chi connectivity index (χ4v) is 1.84. The van der Waals surface area contributed by atoms with Gasteiger partial charge in [0.2, 0.25) is 0 Å². The maximum atomic E-state index is 12.1. The largest absolute Gasteiger partial charge is 0.497 e. The Labute approximate surface area is 138 Å². The van der Waals surface area contributed by atoms with E-state index in [2.05, 4.69) is 34.8 Å². The van der Waals surface area contributed by atoms with Crippen molar-refractivity contribution in [3.8, 4) is 5.75 Å². The third kappa shape index (κ3) is 7.54. The van der Waals surface area contributed by atoms with Crippen molar-refractivity contribution in [2.75, 3.05) is 33.3 Å². The molecule has 6 nitrogen and oxygen atoms in total. The minimum Gasteiger partial charge on any atom is -0.497 e. The molecule has 6 heteroatoms. The van der Waals surface area contributed by atoms with E-state index in [9.17, 15) is 4.79 Å². The summed E-state index contributed by atoms with van der Waals surface area (Å²) in [4.78, 5) is 16.5. The van der Waals surface area contributed by atoms with Crippen LogP contribution in [0.2, 0.25) is 0 Å². The van der Waals surface area contributed by atoms with Crippen LogP contribution in [0.25, 0.3) is 0 Å². The van der Waals surface area contributed by atoms with Crippen LogP contribution < -0.4 is 20.7 Å². The summed E-state index contributed by atoms with van der Waals surface area (Å²) >= 11 is 0. The average molecular weight is 320 g/mol. The number of guanidine groups is 1. The van der Waals surface area contributed by atoms with E-state index < -0.39 is 0 Å². The maximum Gasteiger partial charge on any atom is 0.251 e. The van der Waals surface area contributed by atoms with Crippen molar-refractivity contribution in [3.05, 3.63) is 29.8 Å². The number of hydrogen-bond donors (Lipinski definition) is 3. The Morgan fingerprint density at radius 3 is 2.61 bits per heavy atom. The zero-order valence-corrected chi connectivity index (χ0v) is 14.5. The van der Waals surface area contributed by atoms with Gasteiger partial charge in [-0.2, -0.15) is 0 Å². The van der Waals surface area contributed by atoms with Gasteiger partial charge in [0.15, 0.2) is 5.96 Å². The molecule has 0 atom stereocenters. The Kier molecular flexibility index (Phi) is 8.57. The summed E-state index contributed by atoms with van der Waals surface area (Å²) in [7, 11) is 1.58. The summed E-state index contributed by atoms with van der Waals surface area (Å²) in [6.45, 7) is 8.98. The topological polar surface area (TPSA) is 74.8 Å². The predicted molar refractivity (Wildman–Crippen MR) is 94.1 cm³/mol. The van der Waals surface area contributed by atoms with Gasteiger partial charge in [-0.15, -0.1) is 0 Å². The molecule has 0 saturated heterocycles. The molecule has 0 aromatic heterocycles. The van der Waals surface area contributed by atoms with Gasteiger partial charge < -0.3 is 20.7 Å². The lowest BCUT2D eigenvalue weighted by Gasteiger charge is -2.12. The Morgan fingerprint density at radius 1 is 1.22 bits per heavy atom. The van der Waals surface area contributed by atoms with Gasteiger partial charge in [-0.1, -0.05) is 19.9 Å². The van der Waals surface area contributed by atoms with E-state index in [4.69, 9.17) is 4.74 Å². The molecule has 0 radical (unpaired) electrons. The van der Waals surface area contributed by atoms with E-state index in [1.807, 2.05) is 13.0 Å². The van der Waals surface area contributed by atoms with Crippen molar-refractivity contribution >= 4 is 11.9 Å². The molecule has 1 aromatic carbocycles. The maximum absolute atomic E-state index is 12.1. The lowest BCUT2D eigenvalue weighted by atomic mass is 10.2. The highest BCUT2D eigenvalue weighted by molar-refractivity contribution is 5.94. The van der Waals surface area contributed by atoms with Crippen molar-refractivity contribution in [2.45, 2.75) is 20.8 Å². The number of ether oxygens (including phenoxy) is 1. The first kappa shape index (κ1) is 18.8. The standard InChI is InChI=1S/C17H28N4O2/c1-5-18-17(21-12-13(2)3)20-10-9-19-16(22)14-7-6-8-15(11-14)23-4/h6-8,11,13H,5,9-10,12H2,1-4H3,(H,19,22)(H2,18,20,21). The summed E-state index contributed by atoms with van der Waals surface area (Å²) in [5.74, 6) is 1.84. The number of hydrogen-bond acceptors (Lipinski definition) is 3. The number of nitrogens with one attached hydrogen (secondary N) is 3. The second kappa shape index (κ2) is 10.5. The Morgan fingerprint density at radius 2 is 1.96 bits per heavy atom. The van der Waals surface area contributed by atoms with Gasteiger partial charge in [-0.25, -0.2) is 0 Å². The van der Waals surface area contributed by atoms with E-state index >= 15 is 0 Å². The van der Waals surface area contributed by atoms with E-state index in [0.717, 1.165) is 19.0 Å². The van der Waals surface area contributed by atoms with Gasteiger partial charge in [0.05, 0.1) is 7.11 Å². The third-order valence-corrected chi connectivity index (χ3v) is 2.99. The van der Waals surface area contributed by atoms with E-state index in [1.165, 1.54) is 0 Å². The predicted octanol–water partition coefficient (Wildman–Crippen LogP) is 1.64. The van der Waals surface area contributed by atoms with Gasteiger partial charge in [-0.05, 0) is 31.0 Å². The molecule has 0 aliphatic rings. The molecule has 23 heavy (non-hydrogen) atoms. The van der Waals surface area contributed by atoms with Crippen molar-refractivity contribution in [1.29, 1.82) is 0 Å². The van der Waals surface area contributed by atoms with Crippen LogP contribution in [0.15, 0.2) is 29.3 Å². The molecule has 0 heterocycles. The molecule has 128 valence electrons. The molecule has 0 bridgehead atoms. The van der Waals surface area contributed by atoms with Crippen molar-refractivity contribution in [3.63, 3.8) is 0 Å². The molecule has 1 aromatic rings. The number of amides is 1. The van der Waals surface area contributed by atoms with Crippen molar-refractivity contribution < 1.29 is 9.53 Å². The van der Waals surface area contributed by atoms with Crippen LogP contribution in [0.1, 0.15) is 31.1 Å². The zero-order valence-electron chi connectivity index (χ0n) is 14.5. The monoisotopic (exact) mass is 320 g/mol. The zero-order chi connectivity index (χ0) is 17.1. The van der Waals surface area contributed by atoms with Gasteiger partial charge in [0.25, 0.3) is 5.91 Å². The SMILES string of the molecule is CCNC(=NCC(C)C)NCCNC(=O)c1cccc(OC)c1. The first-order valence-corrected chi connectivity index (χ1v) is 8.01. The Hall–Kier alpha value is -2.24. The van der Waals surface area contributed by atoms with Gasteiger partial charge >= 0.3 is 0 Å². The van der Waals surface area contributed by atoms with Crippen LogP contribution in [-0.2, 0) is 0 Å². The number of methoxy groups -OCH3 is 1. The van der Waals surface area contributed by atoms with Crippen molar-refractivity contribution in [2.24, 2.45) is 10.9 Å². The summed E-state index contributed by atoms with van der Waals surface area (Å²) in [6.07, 6.45) is 0.